The SMILES string of the molecule is COCC(C)N(C(=O)C1CCC(C)CC1)c1cc(I)sc1C=O. The average Bonchev–Trinajstić information content (AvgIpc) is 2.89. The number of hydrogen-bond donors (Lipinski definition) is 0. The van der Waals surface area contributed by atoms with Crippen LogP contribution in [0, 0.1) is 14.7 Å². The number of amides is 1. The minimum Gasteiger partial charge on any atom is -0.383 e. The molecule has 1 aliphatic carbocycles. The van der Waals surface area contributed by atoms with Crippen molar-refractivity contribution >= 4 is 51.8 Å². The van der Waals surface area contributed by atoms with Crippen molar-refractivity contribution in [2.24, 2.45) is 11.8 Å². The molecule has 1 aliphatic rings. The van der Waals surface area contributed by atoms with Crippen LogP contribution in [0.4, 0.5) is 5.69 Å². The lowest BCUT2D eigenvalue weighted by Gasteiger charge is -2.34. The zero-order valence-electron chi connectivity index (χ0n) is 13.9. The van der Waals surface area contributed by atoms with Crippen LogP contribution in [0.25, 0.3) is 0 Å². The summed E-state index contributed by atoms with van der Waals surface area (Å²) in [6, 6.07) is 1.85. The molecule has 0 radical (unpaired) electrons. The standard InChI is InChI=1S/C17H24INO3S/c1-11-4-6-13(7-5-11)17(21)19(12(2)10-22-3)14-8-16(18)23-15(14)9-20/h8-9,11-13H,4-7,10H2,1-3H3. The Hall–Kier alpha value is -0.470. The quantitative estimate of drug-likeness (QED) is 0.479. The van der Waals surface area contributed by atoms with Crippen LogP contribution in [-0.4, -0.2) is 32.0 Å². The molecule has 0 aliphatic heterocycles. The number of nitrogens with zero attached hydrogens (tertiary/aromatic N) is 1. The van der Waals surface area contributed by atoms with Gasteiger partial charge in [0.05, 0.1) is 26.1 Å². The Balaban J connectivity index is 2.30. The molecule has 0 spiro atoms. The van der Waals surface area contributed by atoms with Gasteiger partial charge in [-0.05, 0) is 67.2 Å². The van der Waals surface area contributed by atoms with Gasteiger partial charge in [0.2, 0.25) is 5.91 Å². The summed E-state index contributed by atoms with van der Waals surface area (Å²) in [6.07, 6.45) is 4.93. The molecule has 1 heterocycles. The fraction of sp³-hybridized carbons (Fsp3) is 0.647. The summed E-state index contributed by atoms with van der Waals surface area (Å²) >= 11 is 3.63. The Labute approximate surface area is 155 Å². The van der Waals surface area contributed by atoms with Crippen molar-refractivity contribution in [3.63, 3.8) is 0 Å². The number of carbonyl (C=O) groups is 2. The highest BCUT2D eigenvalue weighted by Gasteiger charge is 2.33. The lowest BCUT2D eigenvalue weighted by molar-refractivity contribution is -0.124. The molecule has 0 aromatic carbocycles. The summed E-state index contributed by atoms with van der Waals surface area (Å²) in [5.74, 6) is 0.901. The molecule has 1 unspecified atom stereocenters. The fourth-order valence-electron chi connectivity index (χ4n) is 3.23. The summed E-state index contributed by atoms with van der Waals surface area (Å²) < 4.78 is 6.27. The van der Waals surface area contributed by atoms with E-state index in [0.29, 0.717) is 17.4 Å². The first-order chi connectivity index (χ1) is 11.0. The van der Waals surface area contributed by atoms with Crippen molar-refractivity contribution in [1.82, 2.24) is 0 Å². The highest BCUT2D eigenvalue weighted by atomic mass is 127. The molecule has 1 atom stereocenters. The predicted octanol–water partition coefficient (Wildman–Crippen LogP) is 4.36. The van der Waals surface area contributed by atoms with E-state index in [2.05, 4.69) is 29.5 Å². The van der Waals surface area contributed by atoms with Crippen molar-refractivity contribution in [3.05, 3.63) is 13.8 Å². The van der Waals surface area contributed by atoms with Crippen molar-refractivity contribution in [1.29, 1.82) is 0 Å². The molecule has 0 N–H and O–H groups in total. The monoisotopic (exact) mass is 449 g/mol. The van der Waals surface area contributed by atoms with Crippen molar-refractivity contribution in [2.45, 2.75) is 45.6 Å². The predicted molar refractivity (Wildman–Crippen MR) is 102 cm³/mol. The molecule has 1 aromatic rings. The molecule has 1 aromatic heterocycles. The number of anilines is 1. The lowest BCUT2D eigenvalue weighted by atomic mass is 9.82. The second-order valence-corrected chi connectivity index (χ2v) is 9.37. The zero-order chi connectivity index (χ0) is 17.0. The third-order valence-corrected chi connectivity index (χ3v) is 6.34. The number of carbonyl (C=O) groups excluding carboxylic acids is 2. The van der Waals surface area contributed by atoms with E-state index in [0.717, 1.165) is 40.5 Å². The largest absolute Gasteiger partial charge is 0.383 e. The van der Waals surface area contributed by atoms with Gasteiger partial charge in [-0.3, -0.25) is 9.59 Å². The minimum absolute atomic E-state index is 0.0579. The van der Waals surface area contributed by atoms with Gasteiger partial charge in [0.15, 0.2) is 6.29 Å². The third kappa shape index (κ3) is 4.54. The summed E-state index contributed by atoms with van der Waals surface area (Å²) in [7, 11) is 1.64. The van der Waals surface area contributed by atoms with Gasteiger partial charge in [-0.25, -0.2) is 0 Å². The minimum atomic E-state index is -0.0871. The summed E-state index contributed by atoms with van der Waals surface area (Å²) in [6.45, 7) is 4.68. The molecular weight excluding hydrogens is 425 g/mol. The van der Waals surface area contributed by atoms with Gasteiger partial charge in [-0.2, -0.15) is 0 Å². The smallest absolute Gasteiger partial charge is 0.230 e. The molecule has 0 bridgehead atoms. The van der Waals surface area contributed by atoms with Crippen LogP contribution in [0.5, 0.6) is 0 Å². The fourth-order valence-corrected chi connectivity index (χ4v) is 4.93. The normalized spacial score (nSPS) is 22.6. The van der Waals surface area contributed by atoms with Crippen LogP contribution in [0.3, 0.4) is 0 Å². The first-order valence-electron chi connectivity index (χ1n) is 8.04. The summed E-state index contributed by atoms with van der Waals surface area (Å²) in [5.41, 5.74) is 0.738. The maximum Gasteiger partial charge on any atom is 0.230 e. The van der Waals surface area contributed by atoms with Crippen molar-refractivity contribution in [3.8, 4) is 0 Å². The Bertz CT molecular complexity index is 552. The number of thiophene rings is 1. The topological polar surface area (TPSA) is 46.6 Å². The third-order valence-electron chi connectivity index (χ3n) is 4.53. The molecular formula is C17H24INO3S. The van der Waals surface area contributed by atoms with Crippen molar-refractivity contribution in [2.75, 3.05) is 18.6 Å². The number of hydrogen-bond acceptors (Lipinski definition) is 4. The van der Waals surface area contributed by atoms with E-state index in [4.69, 9.17) is 4.74 Å². The number of aldehydes is 1. The first-order valence-corrected chi connectivity index (χ1v) is 9.94. The van der Waals surface area contributed by atoms with Gasteiger partial charge in [0, 0.05) is 13.0 Å². The van der Waals surface area contributed by atoms with Crippen LogP contribution < -0.4 is 4.90 Å². The molecule has 1 saturated carbocycles. The molecule has 6 heteroatoms. The van der Waals surface area contributed by atoms with Gasteiger partial charge < -0.3 is 9.64 Å². The highest BCUT2D eigenvalue weighted by Crippen LogP contribution is 2.35. The molecule has 23 heavy (non-hydrogen) atoms. The summed E-state index contributed by atoms with van der Waals surface area (Å²) in [5, 5.41) is 0. The van der Waals surface area contributed by atoms with Gasteiger partial charge in [-0.15, -0.1) is 11.3 Å². The van der Waals surface area contributed by atoms with Gasteiger partial charge in [0.1, 0.15) is 0 Å². The Kier molecular flexibility index (Phi) is 7.03. The summed E-state index contributed by atoms with van der Waals surface area (Å²) in [4.78, 5) is 27.0. The van der Waals surface area contributed by atoms with E-state index in [1.807, 2.05) is 13.0 Å². The van der Waals surface area contributed by atoms with Gasteiger partial charge in [-0.1, -0.05) is 6.92 Å². The first kappa shape index (κ1) is 18.9. The second-order valence-electron chi connectivity index (χ2n) is 6.39. The Morgan fingerprint density at radius 1 is 1.48 bits per heavy atom. The van der Waals surface area contributed by atoms with E-state index in [1.165, 1.54) is 11.3 Å². The number of ether oxygens (including phenoxy) is 1. The second kappa shape index (κ2) is 8.58. The van der Waals surface area contributed by atoms with E-state index >= 15 is 0 Å². The Morgan fingerprint density at radius 2 is 2.13 bits per heavy atom. The van der Waals surface area contributed by atoms with Crippen LogP contribution in [0.15, 0.2) is 6.07 Å². The number of methoxy groups -OCH3 is 1. The van der Waals surface area contributed by atoms with E-state index in [9.17, 15) is 9.59 Å². The molecule has 1 amide bonds. The maximum atomic E-state index is 13.2. The lowest BCUT2D eigenvalue weighted by Crippen LogP contribution is -2.45. The number of halogens is 1. The van der Waals surface area contributed by atoms with Gasteiger partial charge >= 0.3 is 0 Å². The van der Waals surface area contributed by atoms with Crippen LogP contribution in [-0.2, 0) is 9.53 Å². The van der Waals surface area contributed by atoms with Crippen LogP contribution in [0.1, 0.15) is 49.2 Å². The van der Waals surface area contributed by atoms with Crippen molar-refractivity contribution < 1.29 is 14.3 Å². The molecule has 4 nitrogen and oxygen atoms in total. The molecule has 0 saturated heterocycles. The van der Waals surface area contributed by atoms with Crippen LogP contribution >= 0.6 is 33.9 Å². The molecule has 2 rings (SSSR count). The Morgan fingerprint density at radius 3 is 2.70 bits per heavy atom. The average molecular weight is 449 g/mol. The number of rotatable bonds is 6. The maximum absolute atomic E-state index is 13.2. The highest BCUT2D eigenvalue weighted by molar-refractivity contribution is 14.1. The van der Waals surface area contributed by atoms with Gasteiger partial charge in [0.25, 0.3) is 0 Å². The van der Waals surface area contributed by atoms with E-state index in [1.54, 1.807) is 12.0 Å². The van der Waals surface area contributed by atoms with E-state index in [-0.39, 0.29) is 17.9 Å². The zero-order valence-corrected chi connectivity index (χ0v) is 16.9. The molecule has 128 valence electrons. The van der Waals surface area contributed by atoms with E-state index < -0.39 is 0 Å². The van der Waals surface area contributed by atoms with Crippen LogP contribution in [0.2, 0.25) is 0 Å². The molecule has 1 fully saturated rings.